The second-order valence-electron chi connectivity index (χ2n) is 12.5. The highest BCUT2D eigenvalue weighted by Crippen LogP contribution is 2.34. The summed E-state index contributed by atoms with van der Waals surface area (Å²) in [5, 5.41) is -0.0305. The topological polar surface area (TPSA) is 55.4 Å². The normalized spacial score (nSPS) is 22.7. The predicted octanol–water partition coefficient (Wildman–Crippen LogP) is 9.50. The van der Waals surface area contributed by atoms with E-state index in [4.69, 9.17) is 49.8 Å². The van der Waals surface area contributed by atoms with Crippen molar-refractivity contribution in [3.05, 3.63) is 70.8 Å². The zero-order valence-electron chi connectivity index (χ0n) is 27.9. The summed E-state index contributed by atoms with van der Waals surface area (Å²) in [4.78, 5) is 0. The highest BCUT2D eigenvalue weighted by molar-refractivity contribution is 6.61. The molecule has 1 aliphatic heterocycles. The number of hydrogen-bond donors (Lipinski definition) is 0. The Hall–Kier alpha value is -0.786. The summed E-state index contributed by atoms with van der Waals surface area (Å²) in [6, 6.07) is 18.4. The van der Waals surface area contributed by atoms with Crippen molar-refractivity contribution in [3.8, 4) is 0 Å². The standard InChI is InChI=1S/C34H54Cl2O6Si2/c1-9-37-43(38-10-2,23-27(5)31-11-15-33(16-12-31)29(7)35)39-19-25(3)20-40-44(41-21-26(4)22-42-44)24-28(6)32-13-17-34(18-14-32)30(8)36/h11-18,25-30H,9-10,19-24H2,1-8H3. The van der Waals surface area contributed by atoms with Gasteiger partial charge in [-0.2, -0.15) is 0 Å². The molecule has 0 aromatic heterocycles. The van der Waals surface area contributed by atoms with Gasteiger partial charge in [0.15, 0.2) is 0 Å². The summed E-state index contributed by atoms with van der Waals surface area (Å²) < 4.78 is 38.7. The largest absolute Gasteiger partial charge is 0.501 e. The molecular weight excluding hydrogens is 631 g/mol. The molecule has 0 amide bonds. The summed E-state index contributed by atoms with van der Waals surface area (Å²) in [6.45, 7) is 20.0. The smallest absolute Gasteiger partial charge is 0.374 e. The molecule has 44 heavy (non-hydrogen) atoms. The zero-order chi connectivity index (χ0) is 32.3. The van der Waals surface area contributed by atoms with Gasteiger partial charge in [-0.05, 0) is 61.8 Å². The molecule has 6 nitrogen and oxygen atoms in total. The molecule has 1 fully saturated rings. The van der Waals surface area contributed by atoms with Crippen LogP contribution >= 0.6 is 23.2 Å². The van der Waals surface area contributed by atoms with E-state index < -0.39 is 17.6 Å². The fraction of sp³-hybridized carbons (Fsp3) is 0.647. The van der Waals surface area contributed by atoms with Gasteiger partial charge in [-0.15, -0.1) is 23.2 Å². The maximum atomic E-state index is 6.62. The van der Waals surface area contributed by atoms with Crippen LogP contribution in [0.5, 0.6) is 0 Å². The zero-order valence-corrected chi connectivity index (χ0v) is 31.5. The summed E-state index contributed by atoms with van der Waals surface area (Å²) in [5.41, 5.74) is 4.68. The van der Waals surface area contributed by atoms with Crippen LogP contribution in [-0.2, 0) is 26.6 Å². The Bertz CT molecular complexity index is 1090. The van der Waals surface area contributed by atoms with Crippen molar-refractivity contribution >= 4 is 40.8 Å². The van der Waals surface area contributed by atoms with Gasteiger partial charge in [0.1, 0.15) is 0 Å². The fourth-order valence-electron chi connectivity index (χ4n) is 5.38. The maximum absolute atomic E-state index is 6.62. The van der Waals surface area contributed by atoms with Crippen LogP contribution in [0.1, 0.15) is 100 Å². The van der Waals surface area contributed by atoms with Gasteiger partial charge in [-0.3, -0.25) is 0 Å². The first-order valence-corrected chi connectivity index (χ1v) is 21.0. The number of halogens is 2. The van der Waals surface area contributed by atoms with Crippen LogP contribution < -0.4 is 0 Å². The summed E-state index contributed by atoms with van der Waals surface area (Å²) >= 11 is 12.5. The van der Waals surface area contributed by atoms with Gasteiger partial charge in [0.05, 0.1) is 10.8 Å². The van der Waals surface area contributed by atoms with Crippen LogP contribution in [0, 0.1) is 11.8 Å². The van der Waals surface area contributed by atoms with E-state index in [9.17, 15) is 0 Å². The average Bonchev–Trinajstić information content (AvgIpc) is 3.00. The number of benzene rings is 2. The van der Waals surface area contributed by atoms with Crippen LogP contribution in [0.3, 0.4) is 0 Å². The van der Waals surface area contributed by atoms with Crippen molar-refractivity contribution in [1.82, 2.24) is 0 Å². The van der Waals surface area contributed by atoms with Crippen LogP contribution in [-0.4, -0.2) is 57.3 Å². The maximum Gasteiger partial charge on any atom is 0.501 e. The number of hydrogen-bond acceptors (Lipinski definition) is 6. The van der Waals surface area contributed by atoms with E-state index >= 15 is 0 Å². The van der Waals surface area contributed by atoms with E-state index in [0.717, 1.165) is 17.2 Å². The Kier molecular flexibility index (Phi) is 15.4. The molecule has 0 spiro atoms. The Balaban J connectivity index is 1.65. The van der Waals surface area contributed by atoms with Gasteiger partial charge in [0.2, 0.25) is 0 Å². The van der Waals surface area contributed by atoms with E-state index in [1.54, 1.807) is 0 Å². The number of rotatable bonds is 18. The molecule has 0 N–H and O–H groups in total. The molecule has 5 atom stereocenters. The molecule has 0 saturated carbocycles. The van der Waals surface area contributed by atoms with Crippen molar-refractivity contribution in [2.24, 2.45) is 11.8 Å². The second kappa shape index (κ2) is 17.9. The van der Waals surface area contributed by atoms with Crippen LogP contribution in [0.25, 0.3) is 0 Å². The van der Waals surface area contributed by atoms with Crippen molar-refractivity contribution < 1.29 is 26.6 Å². The molecule has 0 bridgehead atoms. The molecular formula is C34H54Cl2O6Si2. The Morgan fingerprint density at radius 2 is 1.18 bits per heavy atom. The predicted molar refractivity (Wildman–Crippen MR) is 185 cm³/mol. The fourth-order valence-corrected chi connectivity index (χ4v) is 11.9. The average molecular weight is 686 g/mol. The quantitative estimate of drug-likeness (QED) is 0.115. The Morgan fingerprint density at radius 1 is 0.727 bits per heavy atom. The van der Waals surface area contributed by atoms with Gasteiger partial charge in [-0.1, -0.05) is 76.2 Å². The Morgan fingerprint density at radius 3 is 1.64 bits per heavy atom. The second-order valence-corrected chi connectivity index (χ2v) is 19.1. The lowest BCUT2D eigenvalue weighted by molar-refractivity contribution is -0.0168. The van der Waals surface area contributed by atoms with Crippen LogP contribution in [0.15, 0.2) is 48.5 Å². The SMILES string of the molecule is CCO[Si](CC(C)c1ccc(C(C)Cl)cc1)(OCC)OCC(C)CO[Si]1(CC(C)c2ccc(C(C)Cl)cc2)OCC(C)CO1. The van der Waals surface area contributed by atoms with Crippen molar-refractivity contribution in [3.63, 3.8) is 0 Å². The number of alkyl halides is 2. The van der Waals surface area contributed by atoms with E-state index in [0.29, 0.717) is 51.6 Å². The van der Waals surface area contributed by atoms with Crippen LogP contribution in [0.4, 0.5) is 0 Å². The molecule has 1 saturated heterocycles. The summed E-state index contributed by atoms with van der Waals surface area (Å²) in [6.07, 6.45) is 0. The minimum atomic E-state index is -2.96. The molecule has 3 rings (SSSR count). The van der Waals surface area contributed by atoms with E-state index in [-0.39, 0.29) is 28.5 Å². The van der Waals surface area contributed by atoms with E-state index in [1.807, 2.05) is 27.7 Å². The van der Waals surface area contributed by atoms with E-state index in [2.05, 4.69) is 76.2 Å². The molecule has 0 aliphatic carbocycles. The minimum absolute atomic E-state index is 0.0133. The first kappa shape index (κ1) is 37.7. The van der Waals surface area contributed by atoms with Crippen molar-refractivity contribution in [2.45, 2.75) is 90.1 Å². The highest BCUT2D eigenvalue weighted by atomic mass is 35.5. The minimum Gasteiger partial charge on any atom is -0.374 e. The third kappa shape index (κ3) is 11.2. The summed E-state index contributed by atoms with van der Waals surface area (Å²) in [7, 11) is -5.86. The van der Waals surface area contributed by atoms with Crippen molar-refractivity contribution in [1.29, 1.82) is 0 Å². The molecule has 1 heterocycles. The summed E-state index contributed by atoms with van der Waals surface area (Å²) in [5.74, 6) is 0.870. The highest BCUT2D eigenvalue weighted by Gasteiger charge is 2.47. The molecule has 1 aliphatic rings. The monoisotopic (exact) mass is 684 g/mol. The van der Waals surface area contributed by atoms with E-state index in [1.165, 1.54) is 11.1 Å². The first-order chi connectivity index (χ1) is 20.9. The third-order valence-corrected chi connectivity index (χ3v) is 14.7. The van der Waals surface area contributed by atoms with Crippen LogP contribution in [0.2, 0.25) is 12.1 Å². The lowest BCUT2D eigenvalue weighted by atomic mass is 10.0. The third-order valence-electron chi connectivity index (χ3n) is 8.12. The Labute approximate surface area is 278 Å². The molecule has 0 radical (unpaired) electrons. The molecule has 248 valence electrons. The van der Waals surface area contributed by atoms with Gasteiger partial charge in [-0.25, -0.2) is 0 Å². The lowest BCUT2D eigenvalue weighted by Gasteiger charge is -2.38. The molecule has 2 aromatic rings. The molecule has 2 aromatic carbocycles. The van der Waals surface area contributed by atoms with Gasteiger partial charge >= 0.3 is 17.6 Å². The van der Waals surface area contributed by atoms with Crippen molar-refractivity contribution in [2.75, 3.05) is 39.6 Å². The molecule has 10 heteroatoms. The molecule has 5 unspecified atom stereocenters. The lowest BCUT2D eigenvalue weighted by Crippen LogP contribution is -2.53. The van der Waals surface area contributed by atoms with Gasteiger partial charge < -0.3 is 26.6 Å². The van der Waals surface area contributed by atoms with Gasteiger partial charge in [0, 0.05) is 63.6 Å². The first-order valence-electron chi connectivity index (χ1n) is 16.2. The van der Waals surface area contributed by atoms with Gasteiger partial charge in [0.25, 0.3) is 0 Å².